The lowest BCUT2D eigenvalue weighted by Gasteiger charge is -2.28. The predicted octanol–water partition coefficient (Wildman–Crippen LogP) is 2.57. The van der Waals surface area contributed by atoms with Crippen molar-refractivity contribution in [2.45, 2.75) is 39.0 Å². The van der Waals surface area contributed by atoms with Crippen LogP contribution in [0.2, 0.25) is 0 Å². The highest BCUT2D eigenvalue weighted by atomic mass is 16.5. The number of nitrogens with one attached hydrogen (secondary N) is 1. The Labute approximate surface area is 133 Å². The number of benzene rings is 1. The summed E-state index contributed by atoms with van der Waals surface area (Å²) < 4.78 is 5.30. The molecule has 1 unspecified atom stereocenters. The summed E-state index contributed by atoms with van der Waals surface area (Å²) in [4.78, 5) is 14.3. The van der Waals surface area contributed by atoms with Crippen LogP contribution in [0.4, 0.5) is 0 Å². The van der Waals surface area contributed by atoms with Crippen molar-refractivity contribution in [3.8, 4) is 5.75 Å². The van der Waals surface area contributed by atoms with Gasteiger partial charge in [-0.1, -0.05) is 19.9 Å². The Kier molecular flexibility index (Phi) is 6.25. The highest BCUT2D eigenvalue weighted by Gasteiger charge is 2.18. The summed E-state index contributed by atoms with van der Waals surface area (Å²) in [6.07, 6.45) is 2.53. The van der Waals surface area contributed by atoms with Gasteiger partial charge in [-0.3, -0.25) is 4.79 Å². The number of carbonyl (C=O) groups is 1. The molecule has 1 amide bonds. The van der Waals surface area contributed by atoms with E-state index < -0.39 is 0 Å². The molecule has 1 atom stereocenters. The van der Waals surface area contributed by atoms with Gasteiger partial charge in [0, 0.05) is 32.6 Å². The third-order valence-electron chi connectivity index (χ3n) is 4.52. The van der Waals surface area contributed by atoms with E-state index in [4.69, 9.17) is 4.74 Å². The van der Waals surface area contributed by atoms with Gasteiger partial charge in [-0.05, 0) is 42.0 Å². The van der Waals surface area contributed by atoms with E-state index in [1.54, 1.807) is 7.11 Å². The number of nitrogens with zero attached hydrogens (tertiary/aromatic N) is 1. The molecule has 0 aliphatic carbocycles. The smallest absolute Gasteiger partial charge is 0.222 e. The van der Waals surface area contributed by atoms with E-state index in [9.17, 15) is 4.79 Å². The van der Waals surface area contributed by atoms with Gasteiger partial charge in [0.1, 0.15) is 5.75 Å². The van der Waals surface area contributed by atoms with Gasteiger partial charge in [0.25, 0.3) is 0 Å². The maximum absolute atomic E-state index is 12.3. The van der Waals surface area contributed by atoms with Crippen LogP contribution in [0.5, 0.6) is 5.75 Å². The number of aryl methyl sites for hydroxylation is 1. The van der Waals surface area contributed by atoms with Crippen LogP contribution in [0.25, 0.3) is 0 Å². The van der Waals surface area contributed by atoms with Crippen LogP contribution >= 0.6 is 0 Å². The van der Waals surface area contributed by atoms with Crippen molar-refractivity contribution in [2.75, 3.05) is 33.3 Å². The Morgan fingerprint density at radius 2 is 2.09 bits per heavy atom. The van der Waals surface area contributed by atoms with Gasteiger partial charge in [0.2, 0.25) is 5.91 Å². The Morgan fingerprint density at radius 3 is 2.73 bits per heavy atom. The van der Waals surface area contributed by atoms with Crippen molar-refractivity contribution in [1.29, 1.82) is 0 Å². The second-order valence-electron chi connectivity index (χ2n) is 5.99. The number of amides is 1. The van der Waals surface area contributed by atoms with Crippen molar-refractivity contribution < 1.29 is 9.53 Å². The van der Waals surface area contributed by atoms with Crippen molar-refractivity contribution in [1.82, 2.24) is 10.2 Å². The highest BCUT2D eigenvalue weighted by molar-refractivity contribution is 5.76. The number of ether oxygens (including phenoxy) is 1. The third kappa shape index (κ3) is 4.23. The van der Waals surface area contributed by atoms with E-state index >= 15 is 0 Å². The fraction of sp³-hybridized carbons (Fsp3) is 0.611. The van der Waals surface area contributed by atoms with Crippen molar-refractivity contribution in [2.24, 2.45) is 0 Å². The van der Waals surface area contributed by atoms with Gasteiger partial charge >= 0.3 is 0 Å². The predicted molar refractivity (Wildman–Crippen MR) is 89.5 cm³/mol. The zero-order chi connectivity index (χ0) is 15.9. The molecule has 0 bridgehead atoms. The topological polar surface area (TPSA) is 41.6 Å². The summed E-state index contributed by atoms with van der Waals surface area (Å²) >= 11 is 0. The molecular formula is C18H28N2O2. The van der Waals surface area contributed by atoms with Crippen molar-refractivity contribution >= 4 is 5.91 Å². The van der Waals surface area contributed by atoms with Gasteiger partial charge < -0.3 is 15.0 Å². The molecule has 1 fully saturated rings. The normalized spacial score (nSPS) is 16.4. The van der Waals surface area contributed by atoms with Crippen LogP contribution in [0.15, 0.2) is 18.2 Å². The Hall–Kier alpha value is -1.55. The molecule has 0 radical (unpaired) electrons. The maximum atomic E-state index is 12.3. The summed E-state index contributed by atoms with van der Waals surface area (Å²) in [5, 5.41) is 3.28. The summed E-state index contributed by atoms with van der Waals surface area (Å²) in [6.45, 7) is 7.90. The first-order valence-electron chi connectivity index (χ1n) is 8.31. The largest absolute Gasteiger partial charge is 0.497 e. The average Bonchev–Trinajstić information content (AvgIpc) is 2.59. The minimum Gasteiger partial charge on any atom is -0.497 e. The van der Waals surface area contributed by atoms with Crippen molar-refractivity contribution in [3.63, 3.8) is 0 Å². The first kappa shape index (κ1) is 16.8. The van der Waals surface area contributed by atoms with Crippen LogP contribution < -0.4 is 10.1 Å². The molecule has 1 N–H and O–H groups in total. The molecular weight excluding hydrogens is 276 g/mol. The molecule has 0 aromatic heterocycles. The van der Waals surface area contributed by atoms with E-state index in [0.29, 0.717) is 18.2 Å². The monoisotopic (exact) mass is 304 g/mol. The van der Waals surface area contributed by atoms with Crippen LogP contribution in [0, 0.1) is 0 Å². The van der Waals surface area contributed by atoms with Crippen LogP contribution in [0.3, 0.4) is 0 Å². The number of piperazine rings is 1. The van der Waals surface area contributed by atoms with Crippen LogP contribution in [-0.4, -0.2) is 44.1 Å². The lowest BCUT2D eigenvalue weighted by atomic mass is 9.90. The molecule has 22 heavy (non-hydrogen) atoms. The number of hydrogen-bond donors (Lipinski definition) is 1. The lowest BCUT2D eigenvalue weighted by molar-refractivity contribution is -0.131. The zero-order valence-electron chi connectivity index (χ0n) is 14.0. The molecule has 1 aliphatic heterocycles. The van der Waals surface area contributed by atoms with Crippen molar-refractivity contribution in [3.05, 3.63) is 29.3 Å². The number of carbonyl (C=O) groups excluding carboxylic acids is 1. The summed E-state index contributed by atoms with van der Waals surface area (Å²) in [6, 6.07) is 6.28. The standard InChI is InChI=1S/C18H28N2O2/c1-4-15-13-16(22-3)6-7-17(15)14(2)5-8-18(21)20-11-9-19-10-12-20/h6-7,13-14,19H,4-5,8-12H2,1-3H3. The number of methoxy groups -OCH3 is 1. The van der Waals surface area contributed by atoms with E-state index in [0.717, 1.165) is 44.8 Å². The molecule has 1 aromatic rings. The highest BCUT2D eigenvalue weighted by Crippen LogP contribution is 2.28. The van der Waals surface area contributed by atoms with Gasteiger partial charge in [-0.25, -0.2) is 0 Å². The number of rotatable bonds is 6. The maximum Gasteiger partial charge on any atom is 0.222 e. The molecule has 0 saturated carbocycles. The average molecular weight is 304 g/mol. The first-order valence-corrected chi connectivity index (χ1v) is 8.31. The molecule has 2 rings (SSSR count). The fourth-order valence-electron chi connectivity index (χ4n) is 3.06. The van der Waals surface area contributed by atoms with Gasteiger partial charge in [0.15, 0.2) is 0 Å². The fourth-order valence-corrected chi connectivity index (χ4v) is 3.06. The van der Waals surface area contributed by atoms with E-state index in [1.165, 1.54) is 11.1 Å². The molecule has 4 nitrogen and oxygen atoms in total. The first-order chi connectivity index (χ1) is 10.7. The van der Waals surface area contributed by atoms with Gasteiger partial charge in [-0.2, -0.15) is 0 Å². The summed E-state index contributed by atoms with van der Waals surface area (Å²) in [7, 11) is 1.70. The molecule has 1 saturated heterocycles. The molecule has 4 heteroatoms. The Bertz CT molecular complexity index is 496. The second kappa shape index (κ2) is 8.18. The second-order valence-corrected chi connectivity index (χ2v) is 5.99. The minimum absolute atomic E-state index is 0.292. The van der Waals surface area contributed by atoms with E-state index in [-0.39, 0.29) is 0 Å². The van der Waals surface area contributed by atoms with Crippen LogP contribution in [-0.2, 0) is 11.2 Å². The van der Waals surface area contributed by atoms with Gasteiger partial charge in [0.05, 0.1) is 7.11 Å². The van der Waals surface area contributed by atoms with Gasteiger partial charge in [-0.15, -0.1) is 0 Å². The molecule has 1 aromatic carbocycles. The summed E-state index contributed by atoms with van der Waals surface area (Å²) in [5.74, 6) is 1.59. The minimum atomic E-state index is 0.292. The molecule has 1 aliphatic rings. The zero-order valence-corrected chi connectivity index (χ0v) is 14.0. The molecule has 122 valence electrons. The lowest BCUT2D eigenvalue weighted by Crippen LogP contribution is -2.46. The summed E-state index contributed by atoms with van der Waals surface area (Å²) in [5.41, 5.74) is 2.66. The number of hydrogen-bond acceptors (Lipinski definition) is 3. The Balaban J connectivity index is 1.94. The molecule has 1 heterocycles. The quantitative estimate of drug-likeness (QED) is 0.878. The van der Waals surface area contributed by atoms with E-state index in [2.05, 4.69) is 31.3 Å². The van der Waals surface area contributed by atoms with Crippen LogP contribution in [0.1, 0.15) is 43.7 Å². The Morgan fingerprint density at radius 1 is 1.36 bits per heavy atom. The third-order valence-corrected chi connectivity index (χ3v) is 4.52. The van der Waals surface area contributed by atoms with E-state index in [1.807, 2.05) is 11.0 Å². The SMILES string of the molecule is CCc1cc(OC)ccc1C(C)CCC(=O)N1CCNCC1. The molecule has 0 spiro atoms.